The first kappa shape index (κ1) is 30.1. The van der Waals surface area contributed by atoms with Crippen LogP contribution in [-0.4, -0.2) is 59.7 Å². The van der Waals surface area contributed by atoms with E-state index in [0.29, 0.717) is 19.3 Å². The van der Waals surface area contributed by atoms with Gasteiger partial charge in [0.2, 0.25) is 6.41 Å². The molecule has 0 spiro atoms. The van der Waals surface area contributed by atoms with Crippen molar-refractivity contribution in [2.45, 2.75) is 70.8 Å². The number of esters is 3. The summed E-state index contributed by atoms with van der Waals surface area (Å²) in [5.74, 6) is -4.48. The molecule has 0 radical (unpaired) electrons. The van der Waals surface area contributed by atoms with Crippen molar-refractivity contribution in [1.29, 1.82) is 0 Å². The first-order valence-corrected chi connectivity index (χ1v) is 13.1. The van der Waals surface area contributed by atoms with Gasteiger partial charge in [-0.15, -0.1) is 0 Å². The molecule has 1 aliphatic rings. The van der Waals surface area contributed by atoms with Crippen LogP contribution in [0.3, 0.4) is 0 Å². The minimum absolute atomic E-state index is 0.00767. The van der Waals surface area contributed by atoms with Gasteiger partial charge in [0, 0.05) is 0 Å². The molecule has 0 aromatic heterocycles. The van der Waals surface area contributed by atoms with Crippen LogP contribution in [0, 0.1) is 5.92 Å². The summed E-state index contributed by atoms with van der Waals surface area (Å²) in [4.78, 5) is 63.2. The smallest absolute Gasteiger partial charge is 0.332 e. The van der Waals surface area contributed by atoms with Crippen LogP contribution in [0.2, 0.25) is 0 Å². The van der Waals surface area contributed by atoms with Crippen molar-refractivity contribution in [1.82, 2.24) is 5.32 Å². The van der Waals surface area contributed by atoms with E-state index >= 15 is 0 Å². The first-order chi connectivity index (χ1) is 19.2. The summed E-state index contributed by atoms with van der Waals surface area (Å²) in [6, 6.07) is 11.6. The van der Waals surface area contributed by atoms with Crippen LogP contribution >= 0.6 is 0 Å². The molecule has 1 aliphatic heterocycles. The summed E-state index contributed by atoms with van der Waals surface area (Å²) in [6.07, 6.45) is -1.29. The normalized spacial score (nSPS) is 22.9. The monoisotopic (exact) mass is 554 g/mol. The molecule has 3 N–H and O–H groups in total. The van der Waals surface area contributed by atoms with E-state index in [9.17, 15) is 29.1 Å². The largest absolute Gasteiger partial charge is 0.505 e. The molecule has 0 unspecified atom stereocenters. The van der Waals surface area contributed by atoms with E-state index in [2.05, 4.69) is 10.6 Å². The molecular formula is C29H34N2O9. The second-order valence-corrected chi connectivity index (χ2v) is 9.56. The lowest BCUT2D eigenvalue weighted by Crippen LogP contribution is -2.50. The second-order valence-electron chi connectivity index (χ2n) is 9.56. The van der Waals surface area contributed by atoms with Gasteiger partial charge in [-0.3, -0.25) is 19.2 Å². The van der Waals surface area contributed by atoms with Gasteiger partial charge >= 0.3 is 17.9 Å². The van der Waals surface area contributed by atoms with Crippen LogP contribution < -0.4 is 10.6 Å². The Balaban J connectivity index is 1.85. The maximum Gasteiger partial charge on any atom is 0.332 e. The van der Waals surface area contributed by atoms with E-state index in [4.69, 9.17) is 14.2 Å². The highest BCUT2D eigenvalue weighted by molar-refractivity contribution is 6.01. The molecule has 1 saturated heterocycles. The Morgan fingerprint density at radius 3 is 2.38 bits per heavy atom. The molecule has 40 heavy (non-hydrogen) atoms. The van der Waals surface area contributed by atoms with E-state index in [1.807, 2.05) is 13.0 Å². The van der Waals surface area contributed by atoms with E-state index in [-0.39, 0.29) is 17.7 Å². The number of ether oxygens (including phenoxy) is 3. The summed E-state index contributed by atoms with van der Waals surface area (Å²) < 4.78 is 17.0. The van der Waals surface area contributed by atoms with Gasteiger partial charge < -0.3 is 30.0 Å². The molecule has 1 fully saturated rings. The summed E-state index contributed by atoms with van der Waals surface area (Å²) in [6.45, 7) is 4.89. The zero-order valence-electron chi connectivity index (χ0n) is 22.6. The van der Waals surface area contributed by atoms with Crippen molar-refractivity contribution in [3.05, 3.63) is 59.7 Å². The third-order valence-electron chi connectivity index (χ3n) is 6.60. The number of benzene rings is 2. The van der Waals surface area contributed by atoms with E-state index in [1.54, 1.807) is 24.3 Å². The quantitative estimate of drug-likeness (QED) is 0.174. The number of cyclic esters (lactones) is 2. The Bertz CT molecular complexity index is 1220. The molecule has 1 heterocycles. The summed E-state index contributed by atoms with van der Waals surface area (Å²) in [5, 5.41) is 15.1. The van der Waals surface area contributed by atoms with Gasteiger partial charge in [0.05, 0.1) is 23.6 Å². The topological polar surface area (TPSA) is 157 Å². The fourth-order valence-electron chi connectivity index (χ4n) is 4.46. The minimum atomic E-state index is -1.44. The lowest BCUT2D eigenvalue weighted by atomic mass is 9.92. The van der Waals surface area contributed by atoms with E-state index < -0.39 is 59.8 Å². The minimum Gasteiger partial charge on any atom is -0.505 e. The highest BCUT2D eigenvalue weighted by Gasteiger charge is 2.43. The van der Waals surface area contributed by atoms with Crippen molar-refractivity contribution >= 4 is 35.9 Å². The third-order valence-corrected chi connectivity index (χ3v) is 6.60. The Labute approximate surface area is 232 Å². The van der Waals surface area contributed by atoms with Crippen molar-refractivity contribution < 1.29 is 43.3 Å². The van der Waals surface area contributed by atoms with Gasteiger partial charge in [-0.25, -0.2) is 4.79 Å². The molecular weight excluding hydrogens is 520 g/mol. The number of rotatable bonds is 10. The molecule has 3 rings (SSSR count). The number of phenolic OH excluding ortho intramolecular Hbond substituents is 1. The highest BCUT2D eigenvalue weighted by Crippen LogP contribution is 2.29. The van der Waals surface area contributed by atoms with Crippen molar-refractivity contribution in [3.63, 3.8) is 0 Å². The second kappa shape index (κ2) is 14.1. The Morgan fingerprint density at radius 1 is 1.00 bits per heavy atom. The lowest BCUT2D eigenvalue weighted by Gasteiger charge is -2.29. The number of aromatic hydroxyl groups is 1. The van der Waals surface area contributed by atoms with Crippen LogP contribution in [-0.2, 0) is 39.8 Å². The van der Waals surface area contributed by atoms with Crippen LogP contribution in [0.5, 0.6) is 5.75 Å². The van der Waals surface area contributed by atoms with Gasteiger partial charge in [0.25, 0.3) is 5.91 Å². The highest BCUT2D eigenvalue weighted by atomic mass is 16.6. The zero-order valence-corrected chi connectivity index (χ0v) is 22.6. The Hall–Kier alpha value is -4.41. The summed E-state index contributed by atoms with van der Waals surface area (Å²) >= 11 is 0. The number of para-hydroxylation sites is 1. The van der Waals surface area contributed by atoms with Gasteiger partial charge in [-0.1, -0.05) is 56.2 Å². The molecule has 2 aromatic carbocycles. The number of carbonyl (C=O) groups excluding carboxylic acids is 5. The SMILES string of the molecule is CCCC[C@H]1C(=O)O[C@@H](C)[C@@H](NC(=O)c2cccc(NC=O)c2O)C(=O)O[C@@H](C)[C@@H]1OC(=O)Cc1ccccc1. The van der Waals surface area contributed by atoms with Crippen molar-refractivity contribution in [3.8, 4) is 5.75 Å². The molecule has 214 valence electrons. The summed E-state index contributed by atoms with van der Waals surface area (Å²) in [7, 11) is 0. The van der Waals surface area contributed by atoms with E-state index in [0.717, 1.165) is 12.0 Å². The molecule has 11 nitrogen and oxygen atoms in total. The standard InChI is InChI=1S/C29H34N2O9/c1-4-5-12-21-26(40-23(33)15-19-10-7-6-8-11-19)18(3)39-29(37)24(17(2)38-28(21)36)31-27(35)20-13-9-14-22(25(20)34)30-16-32/h6-11,13-14,16-18,21,24,26,34H,4-5,12,15H2,1-3H3,(H,30,32)(H,31,35)/t17-,18-,21+,24+,26-/m0/s1. The maximum atomic E-state index is 13.3. The molecule has 2 aromatic rings. The Kier molecular flexibility index (Phi) is 10.6. The van der Waals surface area contributed by atoms with Crippen molar-refractivity contribution in [2.24, 2.45) is 5.92 Å². The Morgan fingerprint density at radius 2 is 1.70 bits per heavy atom. The molecule has 0 saturated carbocycles. The fraction of sp³-hybridized carbons (Fsp3) is 0.414. The number of phenols is 1. The molecule has 0 aliphatic carbocycles. The number of hydrogen-bond acceptors (Lipinski definition) is 9. The average molecular weight is 555 g/mol. The molecule has 2 amide bonds. The van der Waals surface area contributed by atoms with Crippen LogP contribution in [0.4, 0.5) is 5.69 Å². The van der Waals surface area contributed by atoms with Crippen molar-refractivity contribution in [2.75, 3.05) is 5.32 Å². The average Bonchev–Trinajstić information content (AvgIpc) is 2.94. The third kappa shape index (κ3) is 7.58. The summed E-state index contributed by atoms with van der Waals surface area (Å²) in [5.41, 5.74) is 0.492. The number of amides is 2. The predicted octanol–water partition coefficient (Wildman–Crippen LogP) is 2.90. The van der Waals surface area contributed by atoms with Crippen LogP contribution in [0.25, 0.3) is 0 Å². The van der Waals surface area contributed by atoms with Gasteiger partial charge in [-0.2, -0.15) is 0 Å². The van der Waals surface area contributed by atoms with Gasteiger partial charge in [0.15, 0.2) is 17.9 Å². The van der Waals surface area contributed by atoms with Crippen LogP contribution in [0.1, 0.15) is 56.0 Å². The number of nitrogens with one attached hydrogen (secondary N) is 2. The molecule has 5 atom stereocenters. The number of carbonyl (C=O) groups is 5. The van der Waals surface area contributed by atoms with E-state index in [1.165, 1.54) is 32.0 Å². The first-order valence-electron chi connectivity index (χ1n) is 13.1. The van der Waals surface area contributed by atoms with Gasteiger partial charge in [0.1, 0.15) is 12.2 Å². The zero-order chi connectivity index (χ0) is 29.2. The van der Waals surface area contributed by atoms with Gasteiger partial charge in [-0.05, 0) is 38.0 Å². The predicted molar refractivity (Wildman–Crippen MR) is 143 cm³/mol. The molecule has 0 bridgehead atoms. The maximum absolute atomic E-state index is 13.3. The number of hydrogen-bond donors (Lipinski definition) is 3. The van der Waals surface area contributed by atoms with Crippen LogP contribution in [0.15, 0.2) is 48.5 Å². The molecule has 11 heteroatoms. The number of unbranched alkanes of at least 4 members (excludes halogenated alkanes) is 1. The number of anilines is 1. The lowest BCUT2D eigenvalue weighted by molar-refractivity contribution is -0.174. The fourth-order valence-corrected chi connectivity index (χ4v) is 4.46.